The summed E-state index contributed by atoms with van der Waals surface area (Å²) >= 11 is 0. The Morgan fingerprint density at radius 3 is 2.00 bits per heavy atom. The minimum Gasteiger partial charge on any atom is -0.354 e. The Labute approximate surface area is 112 Å². The Bertz CT molecular complexity index is 382. The lowest BCUT2D eigenvalue weighted by Gasteiger charge is -2.40. The predicted octanol–water partition coefficient (Wildman–Crippen LogP) is -1.85. The van der Waals surface area contributed by atoms with Crippen molar-refractivity contribution in [3.63, 3.8) is 0 Å². The molecule has 2 atom stereocenters. The summed E-state index contributed by atoms with van der Waals surface area (Å²) in [6, 6.07) is 0.158. The molecule has 3 amide bonds. The summed E-state index contributed by atoms with van der Waals surface area (Å²) in [6.07, 6.45) is 0. The molecular weight excluding hydrogens is 248 g/mol. The maximum Gasteiger partial charge on any atom is 0.240 e. The van der Waals surface area contributed by atoms with Gasteiger partial charge in [0.1, 0.15) is 0 Å². The van der Waals surface area contributed by atoms with Gasteiger partial charge in [0.15, 0.2) is 0 Å². The van der Waals surface area contributed by atoms with Crippen molar-refractivity contribution in [1.29, 1.82) is 0 Å². The van der Waals surface area contributed by atoms with Crippen LogP contribution < -0.4 is 10.6 Å². The molecule has 0 aromatic rings. The molecular formula is C12H20N4O3. The molecule has 2 aliphatic rings. The number of hydrogen-bond donors (Lipinski definition) is 2. The van der Waals surface area contributed by atoms with Crippen LogP contribution in [0.5, 0.6) is 0 Å². The average Bonchev–Trinajstić information content (AvgIpc) is 2.36. The van der Waals surface area contributed by atoms with E-state index in [-0.39, 0.29) is 42.9 Å². The van der Waals surface area contributed by atoms with Crippen molar-refractivity contribution in [2.45, 2.75) is 25.9 Å². The Balaban J connectivity index is 1.97. The van der Waals surface area contributed by atoms with Gasteiger partial charge in [0, 0.05) is 25.2 Å². The molecule has 7 heteroatoms. The third-order valence-electron chi connectivity index (χ3n) is 3.89. The number of rotatable bonds is 3. The van der Waals surface area contributed by atoms with E-state index in [9.17, 15) is 14.4 Å². The summed E-state index contributed by atoms with van der Waals surface area (Å²) in [4.78, 5) is 38.1. The third-order valence-corrected chi connectivity index (χ3v) is 3.89. The van der Waals surface area contributed by atoms with Crippen LogP contribution >= 0.6 is 0 Å². The van der Waals surface area contributed by atoms with Gasteiger partial charge in [-0.2, -0.15) is 0 Å². The molecule has 0 aromatic heterocycles. The molecule has 0 aromatic carbocycles. The molecule has 2 N–H and O–H groups in total. The molecule has 0 unspecified atom stereocenters. The normalized spacial score (nSPS) is 25.7. The topological polar surface area (TPSA) is 81.8 Å². The monoisotopic (exact) mass is 268 g/mol. The highest BCUT2D eigenvalue weighted by Gasteiger charge is 2.32. The number of piperazine rings is 2. The molecule has 19 heavy (non-hydrogen) atoms. The van der Waals surface area contributed by atoms with Gasteiger partial charge in [0.2, 0.25) is 17.7 Å². The summed E-state index contributed by atoms with van der Waals surface area (Å²) in [6.45, 7) is 6.30. The van der Waals surface area contributed by atoms with E-state index in [0.717, 1.165) is 6.54 Å². The fourth-order valence-corrected chi connectivity index (χ4v) is 2.56. The lowest BCUT2D eigenvalue weighted by atomic mass is 10.1. The molecule has 0 saturated carbocycles. The van der Waals surface area contributed by atoms with E-state index in [4.69, 9.17) is 0 Å². The molecule has 106 valence electrons. The number of nitrogens with one attached hydrogen (secondary N) is 2. The van der Waals surface area contributed by atoms with Crippen LogP contribution in [0.25, 0.3) is 0 Å². The SMILES string of the molecule is C[C@H]([C@H](C)N1CCNC(=O)C1)N1CC(=O)NC(=O)C1. The maximum absolute atomic E-state index is 11.4. The summed E-state index contributed by atoms with van der Waals surface area (Å²) in [7, 11) is 0. The highest BCUT2D eigenvalue weighted by Crippen LogP contribution is 2.13. The summed E-state index contributed by atoms with van der Waals surface area (Å²) in [5, 5.41) is 5.08. The number of hydrogen-bond acceptors (Lipinski definition) is 5. The van der Waals surface area contributed by atoms with Crippen molar-refractivity contribution in [3.05, 3.63) is 0 Å². The summed E-state index contributed by atoms with van der Waals surface area (Å²) in [5.41, 5.74) is 0. The second kappa shape index (κ2) is 5.66. The van der Waals surface area contributed by atoms with Gasteiger partial charge in [0.25, 0.3) is 0 Å². The molecule has 2 rings (SSSR count). The number of imide groups is 1. The molecule has 0 aliphatic carbocycles. The zero-order chi connectivity index (χ0) is 14.0. The van der Waals surface area contributed by atoms with Gasteiger partial charge in [-0.25, -0.2) is 0 Å². The first kappa shape index (κ1) is 14.0. The second-order valence-corrected chi connectivity index (χ2v) is 5.18. The van der Waals surface area contributed by atoms with Crippen LogP contribution in [-0.2, 0) is 14.4 Å². The van der Waals surface area contributed by atoms with Crippen molar-refractivity contribution in [3.8, 4) is 0 Å². The van der Waals surface area contributed by atoms with E-state index in [2.05, 4.69) is 15.5 Å². The van der Waals surface area contributed by atoms with Gasteiger partial charge >= 0.3 is 0 Å². The largest absolute Gasteiger partial charge is 0.354 e. The van der Waals surface area contributed by atoms with Gasteiger partial charge < -0.3 is 5.32 Å². The molecule has 2 fully saturated rings. The lowest BCUT2D eigenvalue weighted by molar-refractivity contribution is -0.138. The number of carbonyl (C=O) groups excluding carboxylic acids is 3. The van der Waals surface area contributed by atoms with Crippen molar-refractivity contribution >= 4 is 17.7 Å². The van der Waals surface area contributed by atoms with Crippen LogP contribution in [-0.4, -0.2) is 72.3 Å². The molecule has 7 nitrogen and oxygen atoms in total. The van der Waals surface area contributed by atoms with Crippen LogP contribution in [0.1, 0.15) is 13.8 Å². The molecule has 2 heterocycles. The second-order valence-electron chi connectivity index (χ2n) is 5.18. The number of carbonyl (C=O) groups is 3. The van der Waals surface area contributed by atoms with E-state index in [1.165, 1.54) is 0 Å². The van der Waals surface area contributed by atoms with E-state index in [1.807, 2.05) is 18.7 Å². The zero-order valence-electron chi connectivity index (χ0n) is 11.3. The molecule has 2 aliphatic heterocycles. The quantitative estimate of drug-likeness (QED) is 0.588. The van der Waals surface area contributed by atoms with E-state index >= 15 is 0 Å². The first-order valence-electron chi connectivity index (χ1n) is 6.55. The number of nitrogens with zero attached hydrogens (tertiary/aromatic N) is 2. The zero-order valence-corrected chi connectivity index (χ0v) is 11.3. The Morgan fingerprint density at radius 1 is 0.895 bits per heavy atom. The van der Waals surface area contributed by atoms with Gasteiger partial charge in [-0.3, -0.25) is 29.5 Å². The Morgan fingerprint density at radius 2 is 1.42 bits per heavy atom. The van der Waals surface area contributed by atoms with E-state index < -0.39 is 0 Å². The van der Waals surface area contributed by atoms with Crippen LogP contribution in [0.2, 0.25) is 0 Å². The smallest absolute Gasteiger partial charge is 0.240 e. The first-order valence-corrected chi connectivity index (χ1v) is 6.55. The van der Waals surface area contributed by atoms with Gasteiger partial charge in [0.05, 0.1) is 19.6 Å². The highest BCUT2D eigenvalue weighted by molar-refractivity contribution is 5.99. The molecule has 0 radical (unpaired) electrons. The van der Waals surface area contributed by atoms with Gasteiger partial charge in [-0.1, -0.05) is 0 Å². The van der Waals surface area contributed by atoms with Crippen molar-refractivity contribution in [2.75, 3.05) is 32.7 Å². The van der Waals surface area contributed by atoms with Crippen LogP contribution in [0.3, 0.4) is 0 Å². The molecule has 2 saturated heterocycles. The Kier molecular flexibility index (Phi) is 4.16. The van der Waals surface area contributed by atoms with Crippen molar-refractivity contribution < 1.29 is 14.4 Å². The summed E-state index contributed by atoms with van der Waals surface area (Å²) < 4.78 is 0. The molecule has 0 spiro atoms. The highest BCUT2D eigenvalue weighted by atomic mass is 16.2. The minimum atomic E-state index is -0.258. The van der Waals surface area contributed by atoms with Crippen molar-refractivity contribution in [1.82, 2.24) is 20.4 Å². The van der Waals surface area contributed by atoms with Gasteiger partial charge in [-0.15, -0.1) is 0 Å². The van der Waals surface area contributed by atoms with Crippen LogP contribution in [0, 0.1) is 0 Å². The van der Waals surface area contributed by atoms with Crippen LogP contribution in [0.15, 0.2) is 0 Å². The van der Waals surface area contributed by atoms with E-state index in [0.29, 0.717) is 13.1 Å². The van der Waals surface area contributed by atoms with Crippen molar-refractivity contribution in [2.24, 2.45) is 0 Å². The molecule has 0 bridgehead atoms. The average molecular weight is 268 g/mol. The third kappa shape index (κ3) is 3.30. The fourth-order valence-electron chi connectivity index (χ4n) is 2.56. The fraction of sp³-hybridized carbons (Fsp3) is 0.750. The van der Waals surface area contributed by atoms with E-state index in [1.54, 1.807) is 0 Å². The lowest BCUT2D eigenvalue weighted by Crippen LogP contribution is -2.60. The first-order chi connectivity index (χ1) is 8.97. The van der Waals surface area contributed by atoms with Gasteiger partial charge in [-0.05, 0) is 13.8 Å². The standard InChI is InChI=1S/C12H20N4O3/c1-8(15-4-3-13-10(17)5-15)9(2)16-6-11(18)14-12(19)7-16/h8-9H,3-7H2,1-2H3,(H,13,17)(H,14,18,19)/t8-,9+/m0/s1. The maximum atomic E-state index is 11.4. The Hall–Kier alpha value is -1.47. The number of amides is 3. The predicted molar refractivity (Wildman–Crippen MR) is 68.2 cm³/mol. The summed E-state index contributed by atoms with van der Waals surface area (Å²) in [5.74, 6) is -0.490. The minimum absolute atomic E-state index is 0.0257. The van der Waals surface area contributed by atoms with Crippen LogP contribution in [0.4, 0.5) is 0 Å².